The van der Waals surface area contributed by atoms with Gasteiger partial charge in [-0.15, -0.1) is 0 Å². The summed E-state index contributed by atoms with van der Waals surface area (Å²) in [6, 6.07) is 20.8. The molecule has 0 unspecified atom stereocenters. The molecule has 1 fully saturated rings. The zero-order chi connectivity index (χ0) is 11.6. The van der Waals surface area contributed by atoms with Gasteiger partial charge in [-0.25, -0.2) is 0 Å². The van der Waals surface area contributed by atoms with E-state index in [2.05, 4.69) is 48.5 Å². The Morgan fingerprint density at radius 2 is 1.06 bits per heavy atom. The van der Waals surface area contributed by atoms with Crippen LogP contribution in [0.3, 0.4) is 0 Å². The van der Waals surface area contributed by atoms with E-state index >= 15 is 0 Å². The van der Waals surface area contributed by atoms with Gasteiger partial charge in [-0.3, -0.25) is 0 Å². The second-order valence-electron chi connectivity index (χ2n) is 4.05. The average Bonchev–Trinajstić information content (AvgIpc) is 2.91. The standard InChI is InChI=1S/2C6H5.C2H4O2.Sn/c2*1-2-4-6-5-3-1;3-1-2-4;/h2*1-5H;1-2H2;/q;;-2;+2. The van der Waals surface area contributed by atoms with E-state index in [4.69, 9.17) is 6.15 Å². The summed E-state index contributed by atoms with van der Waals surface area (Å²) < 4.78 is 14.7. The van der Waals surface area contributed by atoms with E-state index in [1.807, 2.05) is 12.1 Å². The Kier molecular flexibility index (Phi) is 3.18. The first-order chi connectivity index (χ1) is 8.42. The van der Waals surface area contributed by atoms with Crippen LogP contribution in [-0.2, 0) is 6.15 Å². The molecule has 0 bridgehead atoms. The summed E-state index contributed by atoms with van der Waals surface area (Å²) in [5.74, 6) is 0. The van der Waals surface area contributed by atoms with E-state index in [0.29, 0.717) is 0 Å². The molecule has 2 aromatic rings. The number of benzene rings is 2. The van der Waals surface area contributed by atoms with Crippen LogP contribution in [0.25, 0.3) is 0 Å². The summed E-state index contributed by atoms with van der Waals surface area (Å²) in [5, 5.41) is 0. The summed E-state index contributed by atoms with van der Waals surface area (Å²) in [5.41, 5.74) is 0. The molecule has 0 amide bonds. The molecular formula is C14H14O2Sn. The molecule has 0 aliphatic carbocycles. The van der Waals surface area contributed by atoms with Gasteiger partial charge in [-0.05, 0) is 0 Å². The molecule has 0 atom stereocenters. The van der Waals surface area contributed by atoms with Gasteiger partial charge in [-0.2, -0.15) is 0 Å². The molecule has 2 aromatic carbocycles. The van der Waals surface area contributed by atoms with Crippen LogP contribution in [0.5, 0.6) is 0 Å². The van der Waals surface area contributed by atoms with Crippen molar-refractivity contribution in [1.29, 1.82) is 0 Å². The van der Waals surface area contributed by atoms with Crippen molar-refractivity contribution in [3.05, 3.63) is 60.7 Å². The maximum absolute atomic E-state index is 6.10. The number of hydrogen-bond acceptors (Lipinski definition) is 2. The first kappa shape index (κ1) is 11.3. The Labute approximate surface area is 106 Å². The molecule has 1 saturated heterocycles. The van der Waals surface area contributed by atoms with Crippen LogP contribution in [0.1, 0.15) is 0 Å². The van der Waals surface area contributed by atoms with Gasteiger partial charge in [0.05, 0.1) is 0 Å². The van der Waals surface area contributed by atoms with Crippen LogP contribution in [0.4, 0.5) is 0 Å². The van der Waals surface area contributed by atoms with Gasteiger partial charge < -0.3 is 0 Å². The molecule has 2 nitrogen and oxygen atoms in total. The summed E-state index contributed by atoms with van der Waals surface area (Å²) in [6.45, 7) is 1.44. The molecule has 1 aliphatic heterocycles. The Balaban J connectivity index is 2.11. The molecule has 0 N–H and O–H groups in total. The minimum atomic E-state index is -3.24. The Hall–Kier alpha value is -0.841. The normalized spacial score (nSPS) is 18.1. The van der Waals surface area contributed by atoms with E-state index in [0.717, 1.165) is 13.2 Å². The Morgan fingerprint density at radius 3 is 1.47 bits per heavy atom. The van der Waals surface area contributed by atoms with Crippen LogP contribution in [0.15, 0.2) is 60.7 Å². The van der Waals surface area contributed by atoms with Crippen LogP contribution in [-0.4, -0.2) is 32.4 Å². The van der Waals surface area contributed by atoms with Crippen molar-refractivity contribution in [2.24, 2.45) is 0 Å². The van der Waals surface area contributed by atoms with Crippen molar-refractivity contribution in [2.75, 3.05) is 13.2 Å². The zero-order valence-corrected chi connectivity index (χ0v) is 12.4. The zero-order valence-electron chi connectivity index (χ0n) is 9.50. The molecule has 3 rings (SSSR count). The predicted octanol–water partition coefficient (Wildman–Crippen LogP) is 1.29. The predicted molar refractivity (Wildman–Crippen MR) is 69.8 cm³/mol. The fourth-order valence-electron chi connectivity index (χ4n) is 2.23. The molecule has 0 spiro atoms. The van der Waals surface area contributed by atoms with Gasteiger partial charge in [0.25, 0.3) is 0 Å². The Bertz CT molecular complexity index is 437. The summed E-state index contributed by atoms with van der Waals surface area (Å²) in [6.07, 6.45) is 0. The van der Waals surface area contributed by atoms with E-state index in [1.165, 1.54) is 7.16 Å². The summed E-state index contributed by atoms with van der Waals surface area (Å²) in [4.78, 5) is 0. The summed E-state index contributed by atoms with van der Waals surface area (Å²) in [7, 11) is 0. The third-order valence-corrected chi connectivity index (χ3v) is 12.7. The fraction of sp³-hybridized carbons (Fsp3) is 0.143. The monoisotopic (exact) mass is 334 g/mol. The van der Waals surface area contributed by atoms with Crippen LogP contribution in [0, 0.1) is 0 Å². The third-order valence-electron chi connectivity index (χ3n) is 3.00. The fourth-order valence-corrected chi connectivity index (χ4v) is 11.0. The number of rotatable bonds is 2. The SMILES string of the molecule is c1cc[c]([Sn]2([c]3ccccc3)[O]CC[O]2)cc1. The maximum atomic E-state index is 6.10. The van der Waals surface area contributed by atoms with Crippen LogP contribution < -0.4 is 7.16 Å². The van der Waals surface area contributed by atoms with Gasteiger partial charge in [0.2, 0.25) is 0 Å². The second-order valence-corrected chi connectivity index (χ2v) is 12.5. The molecule has 1 aliphatic rings. The van der Waals surface area contributed by atoms with E-state index in [1.54, 1.807) is 0 Å². The van der Waals surface area contributed by atoms with Crippen LogP contribution in [0.2, 0.25) is 0 Å². The number of hydrogen-bond donors (Lipinski definition) is 0. The minimum absolute atomic E-state index is 0.722. The molecule has 17 heavy (non-hydrogen) atoms. The summed E-state index contributed by atoms with van der Waals surface area (Å²) >= 11 is -3.24. The molecule has 1 heterocycles. The average molecular weight is 333 g/mol. The van der Waals surface area contributed by atoms with Gasteiger partial charge in [0.1, 0.15) is 0 Å². The van der Waals surface area contributed by atoms with Gasteiger partial charge in [-0.1, -0.05) is 0 Å². The molecule has 3 heteroatoms. The van der Waals surface area contributed by atoms with E-state index in [-0.39, 0.29) is 0 Å². The molecule has 86 valence electrons. The van der Waals surface area contributed by atoms with Crippen molar-refractivity contribution >= 4 is 26.4 Å². The molecule has 0 aromatic heterocycles. The second kappa shape index (κ2) is 4.80. The van der Waals surface area contributed by atoms with Crippen molar-refractivity contribution in [1.82, 2.24) is 0 Å². The van der Waals surface area contributed by atoms with E-state index < -0.39 is 19.2 Å². The van der Waals surface area contributed by atoms with Gasteiger partial charge >= 0.3 is 106 Å². The van der Waals surface area contributed by atoms with Crippen molar-refractivity contribution in [2.45, 2.75) is 0 Å². The van der Waals surface area contributed by atoms with Gasteiger partial charge in [0, 0.05) is 0 Å². The first-order valence-corrected chi connectivity index (χ1v) is 11.0. The molecule has 0 radical (unpaired) electrons. The quantitative estimate of drug-likeness (QED) is 0.772. The van der Waals surface area contributed by atoms with E-state index in [9.17, 15) is 0 Å². The van der Waals surface area contributed by atoms with Crippen LogP contribution >= 0.6 is 0 Å². The molecule has 0 saturated carbocycles. The third kappa shape index (κ3) is 2.01. The van der Waals surface area contributed by atoms with Crippen molar-refractivity contribution < 1.29 is 6.15 Å². The topological polar surface area (TPSA) is 18.5 Å². The van der Waals surface area contributed by atoms with Crippen molar-refractivity contribution in [3.8, 4) is 0 Å². The van der Waals surface area contributed by atoms with Crippen molar-refractivity contribution in [3.63, 3.8) is 0 Å². The Morgan fingerprint density at radius 1 is 0.647 bits per heavy atom. The molecular weight excluding hydrogens is 319 g/mol. The van der Waals surface area contributed by atoms with Gasteiger partial charge in [0.15, 0.2) is 0 Å². The first-order valence-electron chi connectivity index (χ1n) is 5.81.